The molecule has 30 heavy (non-hydrogen) atoms. The molecule has 0 unspecified atom stereocenters. The zero-order valence-electron chi connectivity index (χ0n) is 16.4. The van der Waals surface area contributed by atoms with Crippen LogP contribution < -0.4 is 5.32 Å². The highest BCUT2D eigenvalue weighted by atomic mass is 79.9. The van der Waals surface area contributed by atoms with Crippen molar-refractivity contribution in [1.29, 1.82) is 0 Å². The Bertz CT molecular complexity index is 1160. The van der Waals surface area contributed by atoms with Crippen LogP contribution in [0.2, 0.25) is 0 Å². The van der Waals surface area contributed by atoms with Crippen LogP contribution in [-0.4, -0.2) is 36.0 Å². The minimum Gasteiger partial charge on any atom is -0.354 e. The monoisotopic (exact) mass is 502 g/mol. The molecule has 0 saturated heterocycles. The lowest BCUT2D eigenvalue weighted by atomic mass is 10.2. The fourth-order valence-electron chi connectivity index (χ4n) is 2.84. The van der Waals surface area contributed by atoms with Crippen LogP contribution in [0.4, 0.5) is 5.13 Å². The van der Waals surface area contributed by atoms with Gasteiger partial charge in [0.2, 0.25) is 5.91 Å². The van der Waals surface area contributed by atoms with Crippen LogP contribution in [0.3, 0.4) is 0 Å². The van der Waals surface area contributed by atoms with Gasteiger partial charge in [-0.2, -0.15) is 0 Å². The molecule has 4 aromatic rings. The Hall–Kier alpha value is -2.43. The van der Waals surface area contributed by atoms with Gasteiger partial charge in [-0.15, -0.1) is 21.5 Å². The van der Waals surface area contributed by atoms with Crippen molar-refractivity contribution in [1.82, 2.24) is 24.3 Å². The van der Waals surface area contributed by atoms with E-state index in [1.807, 2.05) is 60.6 Å². The Kier molecular flexibility index (Phi) is 6.35. The SMILES string of the molecule is Cn1cccc1Cc1nnc(SCC(=O)Nc2nc(-c3ccc(Br)cc3)cs2)n1C. The third kappa shape index (κ3) is 4.82. The molecule has 3 heterocycles. The largest absolute Gasteiger partial charge is 0.354 e. The summed E-state index contributed by atoms with van der Waals surface area (Å²) in [6, 6.07) is 12.0. The lowest BCUT2D eigenvalue weighted by Crippen LogP contribution is -2.14. The number of nitrogens with zero attached hydrogens (tertiary/aromatic N) is 5. The molecule has 0 aliphatic heterocycles. The fraction of sp³-hybridized carbons (Fsp3) is 0.200. The standard InChI is InChI=1S/C20H19BrN6OS2/c1-26-9-3-4-15(26)10-17-24-25-20(27(17)2)30-12-18(28)23-19-22-16(11-29-19)13-5-7-14(21)8-6-13/h3-9,11H,10,12H2,1-2H3,(H,22,23,28). The minimum atomic E-state index is -0.122. The number of hydrogen-bond donors (Lipinski definition) is 1. The minimum absolute atomic E-state index is 0.122. The number of aromatic nitrogens is 5. The normalized spacial score (nSPS) is 11.0. The van der Waals surface area contributed by atoms with Gasteiger partial charge in [0.05, 0.1) is 11.4 Å². The Morgan fingerprint density at radius 3 is 2.73 bits per heavy atom. The van der Waals surface area contributed by atoms with Crippen LogP contribution in [0.25, 0.3) is 11.3 Å². The van der Waals surface area contributed by atoms with Crippen molar-refractivity contribution >= 4 is 50.1 Å². The van der Waals surface area contributed by atoms with Crippen LogP contribution in [0.5, 0.6) is 0 Å². The maximum atomic E-state index is 12.4. The first kappa shape index (κ1) is 20.8. The van der Waals surface area contributed by atoms with Gasteiger partial charge >= 0.3 is 0 Å². The molecule has 154 valence electrons. The van der Waals surface area contributed by atoms with Crippen molar-refractivity contribution in [3.63, 3.8) is 0 Å². The third-order valence-electron chi connectivity index (χ3n) is 4.54. The van der Waals surface area contributed by atoms with Crippen molar-refractivity contribution < 1.29 is 4.79 Å². The van der Waals surface area contributed by atoms with E-state index in [0.717, 1.165) is 27.2 Å². The summed E-state index contributed by atoms with van der Waals surface area (Å²) in [6.07, 6.45) is 2.70. The molecule has 1 aromatic carbocycles. The van der Waals surface area contributed by atoms with Gasteiger partial charge in [-0.25, -0.2) is 4.98 Å². The summed E-state index contributed by atoms with van der Waals surface area (Å²) in [6.45, 7) is 0. The summed E-state index contributed by atoms with van der Waals surface area (Å²) in [5.74, 6) is 0.978. The summed E-state index contributed by atoms with van der Waals surface area (Å²) < 4.78 is 5.01. The number of hydrogen-bond acceptors (Lipinski definition) is 6. The van der Waals surface area contributed by atoms with Crippen LogP contribution in [0.1, 0.15) is 11.5 Å². The van der Waals surface area contributed by atoms with Gasteiger partial charge < -0.3 is 14.5 Å². The van der Waals surface area contributed by atoms with Gasteiger partial charge in [0.15, 0.2) is 10.3 Å². The lowest BCUT2D eigenvalue weighted by molar-refractivity contribution is -0.113. The van der Waals surface area contributed by atoms with E-state index >= 15 is 0 Å². The zero-order valence-corrected chi connectivity index (χ0v) is 19.6. The van der Waals surface area contributed by atoms with E-state index in [2.05, 4.69) is 47.1 Å². The Morgan fingerprint density at radius 2 is 2.00 bits per heavy atom. The summed E-state index contributed by atoms with van der Waals surface area (Å²) in [7, 11) is 3.93. The first-order chi connectivity index (χ1) is 14.5. The second-order valence-electron chi connectivity index (χ2n) is 6.63. The number of benzene rings is 1. The number of anilines is 1. The van der Waals surface area contributed by atoms with Gasteiger partial charge in [0.25, 0.3) is 0 Å². The number of carbonyl (C=O) groups is 1. The average molecular weight is 503 g/mol. The van der Waals surface area contributed by atoms with E-state index in [4.69, 9.17) is 0 Å². The molecule has 3 aromatic heterocycles. The van der Waals surface area contributed by atoms with Gasteiger partial charge in [0.1, 0.15) is 5.82 Å². The molecule has 0 aliphatic carbocycles. The molecular weight excluding hydrogens is 484 g/mol. The molecule has 1 amide bonds. The van der Waals surface area contributed by atoms with Gasteiger partial charge in [-0.05, 0) is 24.3 Å². The third-order valence-corrected chi connectivity index (χ3v) is 6.85. The van der Waals surface area contributed by atoms with Gasteiger partial charge in [0, 0.05) is 47.8 Å². The molecular formula is C20H19BrN6OS2. The van der Waals surface area contributed by atoms with E-state index < -0.39 is 0 Å². The average Bonchev–Trinajstić information content (AvgIpc) is 3.44. The first-order valence-electron chi connectivity index (χ1n) is 9.12. The lowest BCUT2D eigenvalue weighted by Gasteiger charge is -2.05. The number of rotatable bonds is 7. The molecule has 0 bridgehead atoms. The molecule has 7 nitrogen and oxygen atoms in total. The summed E-state index contributed by atoms with van der Waals surface area (Å²) >= 11 is 6.20. The van der Waals surface area contributed by atoms with Crippen LogP contribution in [0.15, 0.2) is 57.6 Å². The zero-order chi connectivity index (χ0) is 21.1. The van der Waals surface area contributed by atoms with Crippen LogP contribution >= 0.6 is 39.0 Å². The predicted octanol–water partition coefficient (Wildman–Crippen LogP) is 4.36. The molecule has 10 heteroatoms. The van der Waals surface area contributed by atoms with E-state index in [1.54, 1.807) is 0 Å². The summed E-state index contributed by atoms with van der Waals surface area (Å²) in [4.78, 5) is 16.9. The van der Waals surface area contributed by atoms with Crippen molar-refractivity contribution in [3.05, 3.63) is 64.0 Å². The smallest absolute Gasteiger partial charge is 0.236 e. The van der Waals surface area contributed by atoms with E-state index in [1.165, 1.54) is 23.1 Å². The first-order valence-corrected chi connectivity index (χ1v) is 11.8. The second kappa shape index (κ2) is 9.15. The molecule has 0 saturated carbocycles. The maximum absolute atomic E-state index is 12.4. The van der Waals surface area contributed by atoms with Crippen LogP contribution in [-0.2, 0) is 25.3 Å². The number of thioether (sulfide) groups is 1. The van der Waals surface area contributed by atoms with Gasteiger partial charge in [-0.3, -0.25) is 4.79 Å². The highest BCUT2D eigenvalue weighted by molar-refractivity contribution is 9.10. The Balaban J connectivity index is 1.33. The quantitative estimate of drug-likeness (QED) is 0.379. The number of halogens is 1. The topological polar surface area (TPSA) is 77.6 Å². The van der Waals surface area contributed by atoms with Crippen molar-refractivity contribution in [2.24, 2.45) is 14.1 Å². The summed E-state index contributed by atoms with van der Waals surface area (Å²) in [5.41, 5.74) is 3.01. The predicted molar refractivity (Wildman–Crippen MR) is 124 cm³/mol. The molecule has 4 rings (SSSR count). The molecule has 0 radical (unpaired) electrons. The van der Waals surface area contributed by atoms with Crippen molar-refractivity contribution in [3.8, 4) is 11.3 Å². The highest BCUT2D eigenvalue weighted by Gasteiger charge is 2.14. The number of carbonyl (C=O) groups excluding carboxylic acids is 1. The number of thiazole rings is 1. The fourth-order valence-corrected chi connectivity index (χ4v) is 4.57. The van der Waals surface area contributed by atoms with E-state index in [-0.39, 0.29) is 11.7 Å². The molecule has 0 fully saturated rings. The second-order valence-corrected chi connectivity index (χ2v) is 9.34. The highest BCUT2D eigenvalue weighted by Crippen LogP contribution is 2.26. The molecule has 0 atom stereocenters. The molecule has 0 aliphatic rings. The van der Waals surface area contributed by atoms with Crippen molar-refractivity contribution in [2.45, 2.75) is 11.6 Å². The van der Waals surface area contributed by atoms with E-state index in [9.17, 15) is 4.79 Å². The Labute approximate surface area is 190 Å². The molecule has 0 spiro atoms. The Morgan fingerprint density at radius 1 is 1.20 bits per heavy atom. The molecule has 1 N–H and O–H groups in total. The number of amides is 1. The van der Waals surface area contributed by atoms with E-state index in [0.29, 0.717) is 16.7 Å². The maximum Gasteiger partial charge on any atom is 0.236 e. The van der Waals surface area contributed by atoms with Gasteiger partial charge in [-0.1, -0.05) is 39.8 Å². The number of nitrogens with one attached hydrogen (secondary N) is 1. The van der Waals surface area contributed by atoms with Crippen molar-refractivity contribution in [2.75, 3.05) is 11.1 Å². The number of aryl methyl sites for hydroxylation is 1. The van der Waals surface area contributed by atoms with Crippen LogP contribution in [0, 0.1) is 0 Å². The summed E-state index contributed by atoms with van der Waals surface area (Å²) in [5, 5.41) is 14.6.